The Labute approximate surface area is 681 Å². The van der Waals surface area contributed by atoms with Gasteiger partial charge in [-0.15, -0.1) is 0 Å². The van der Waals surface area contributed by atoms with Crippen molar-refractivity contribution in [1.82, 2.24) is 0 Å². The third-order valence-electron chi connectivity index (χ3n) is 28.1. The Morgan fingerprint density at radius 1 is 0.357 bits per heavy atom. The van der Waals surface area contributed by atoms with E-state index in [0.717, 1.165) is 217 Å². The van der Waals surface area contributed by atoms with Crippen molar-refractivity contribution in [3.05, 3.63) is 209 Å². The molecule has 16 fully saturated rings. The molecule has 600 valence electrons. The molecule has 8 aromatic rings. The first-order valence-electron chi connectivity index (χ1n) is 42.6. The minimum atomic E-state index is -0.351. The molecular weight excluding hydrogens is 1460 g/mol. The van der Waals surface area contributed by atoms with Gasteiger partial charge in [-0.05, 0) is 417 Å². The number of halogens is 2. The van der Waals surface area contributed by atoms with Crippen LogP contribution in [0.15, 0.2) is 170 Å². The van der Waals surface area contributed by atoms with Crippen LogP contribution in [-0.4, -0.2) is 60.2 Å². The summed E-state index contributed by atoms with van der Waals surface area (Å²) in [5, 5.41) is 12.4. The molecule has 24 rings (SSSR count). The smallest absolute Gasteiger partial charge is 0.412 e. The second-order valence-electron chi connectivity index (χ2n) is 37.4. The molecule has 16 aliphatic carbocycles. The van der Waals surface area contributed by atoms with E-state index >= 15 is 0 Å². The molecule has 0 unspecified atom stereocenters. The summed E-state index contributed by atoms with van der Waals surface area (Å²) in [5.41, 5.74) is 15.4. The summed E-state index contributed by atoms with van der Waals surface area (Å²) in [4.78, 5) is 61.9. The first kappa shape index (κ1) is 78.1. The minimum absolute atomic E-state index is 0.0534. The highest BCUT2D eigenvalue weighted by Crippen LogP contribution is 2.61. The molecule has 0 atom stereocenters. The van der Waals surface area contributed by atoms with E-state index in [9.17, 15) is 28.4 Å². The number of nitrogens with one attached hydrogen (secondary N) is 4. The zero-order valence-electron chi connectivity index (χ0n) is 67.4. The van der Waals surface area contributed by atoms with Crippen LogP contribution in [0.1, 0.15) is 187 Å². The molecule has 0 aliphatic heterocycles. The van der Waals surface area contributed by atoms with E-state index in [4.69, 9.17) is 35.3 Å². The van der Waals surface area contributed by atoms with E-state index in [2.05, 4.69) is 53.3 Å². The van der Waals surface area contributed by atoms with Crippen LogP contribution in [0.2, 0.25) is 5.02 Å². The number of hydrogen-bond donors (Lipinski definition) is 4. The van der Waals surface area contributed by atoms with Gasteiger partial charge in [0.25, 0.3) is 0 Å². The molecule has 4 N–H and O–H groups in total. The van der Waals surface area contributed by atoms with Crippen LogP contribution in [0.5, 0.6) is 5.75 Å². The maximum absolute atomic E-state index is 13.6. The Bertz CT molecular complexity index is 4590. The van der Waals surface area contributed by atoms with E-state index in [0.29, 0.717) is 23.1 Å². The summed E-state index contributed by atoms with van der Waals surface area (Å²) in [5.74, 6) is 10.4. The number of methoxy groups -OCH3 is 1. The van der Waals surface area contributed by atoms with Crippen molar-refractivity contribution in [3.8, 4) is 50.3 Å². The van der Waals surface area contributed by atoms with E-state index in [1.165, 1.54) is 102 Å². The summed E-state index contributed by atoms with van der Waals surface area (Å²) in [6.07, 6.45) is 26.6. The number of aryl methyl sites for hydroxylation is 4. The second kappa shape index (κ2) is 32.5. The van der Waals surface area contributed by atoms with Crippen molar-refractivity contribution in [2.45, 2.75) is 205 Å². The molecule has 16 heteroatoms. The summed E-state index contributed by atoms with van der Waals surface area (Å²) in [6, 6.07) is 53.9. The van der Waals surface area contributed by atoms with E-state index in [1.807, 2.05) is 153 Å². The molecule has 16 aliphatic rings. The van der Waals surface area contributed by atoms with Gasteiger partial charge in [-0.3, -0.25) is 26.1 Å². The number of carbonyl (C=O) groups is 5. The number of anilines is 4. The summed E-state index contributed by atoms with van der Waals surface area (Å²) in [6.45, 7) is 9.60. The van der Waals surface area contributed by atoms with Gasteiger partial charge in [0.1, 0.15) is 34.5 Å². The van der Waals surface area contributed by atoms with Gasteiger partial charge in [0.2, 0.25) is 0 Å². The van der Waals surface area contributed by atoms with E-state index in [-0.39, 0.29) is 58.9 Å². The fraction of sp³-hybridized carbons (Fsp3) is 0.465. The van der Waals surface area contributed by atoms with Crippen LogP contribution in [0, 0.1) is 110 Å². The lowest BCUT2D eigenvalue weighted by atomic mass is 9.54. The predicted octanol–water partition coefficient (Wildman–Crippen LogP) is 25.6. The molecule has 8 aromatic carbocycles. The standard InChI is InChI=1S/C26H31NO3.C25H27NO3.C24H26ClNO2.C24H26FNO2/c1-16-8-22(9-17(2)24(16)29-3)21-4-6-23(7-5-21)27-25(28)30-26-13-18-10-19(14-26)12-20(11-18)15-26;1-15(27)19-3-2-4-20(14-19)18-5-7-23(8-6-18)26-25(28)29-24-21-10-16-9-17(12-21)13-22(24)11-16;2*1-15-6-20(11-21(25)7-15)19-2-4-22(5-3-19)26-23(27)28-24-12-16-8-17(13-24)10-18(9-16)14-24/h4-9,18-20H,10-15H2,1-3H3,(H,27,28);2-8,14,16-17,21-22,24H,9-13H2,1H3,(H,26,28);2*2-7,11,16-18H,8-10,12-14H2,1H3,(H,26,27). The monoisotopic (exact) mass is 1570 g/mol. The van der Waals surface area contributed by atoms with Crippen LogP contribution in [0.3, 0.4) is 0 Å². The average Bonchev–Trinajstić information content (AvgIpc) is 0.721. The van der Waals surface area contributed by atoms with Crippen LogP contribution in [0.25, 0.3) is 44.5 Å². The molecule has 0 heterocycles. The van der Waals surface area contributed by atoms with Crippen LogP contribution in [0.4, 0.5) is 46.3 Å². The molecule has 115 heavy (non-hydrogen) atoms. The second-order valence-corrected chi connectivity index (χ2v) is 37.8. The number of ketones is 1. The fourth-order valence-corrected chi connectivity index (χ4v) is 25.3. The molecule has 0 aromatic heterocycles. The summed E-state index contributed by atoms with van der Waals surface area (Å²) >= 11 is 6.17. The summed E-state index contributed by atoms with van der Waals surface area (Å²) in [7, 11) is 1.71. The third kappa shape index (κ3) is 18.1. The first-order valence-corrected chi connectivity index (χ1v) is 43.0. The van der Waals surface area contributed by atoms with Crippen molar-refractivity contribution >= 4 is 64.5 Å². The molecular formula is C99H110ClFN4O10. The van der Waals surface area contributed by atoms with Crippen molar-refractivity contribution in [2.75, 3.05) is 28.4 Å². The molecule has 0 saturated heterocycles. The number of benzene rings is 8. The highest BCUT2D eigenvalue weighted by Gasteiger charge is 2.56. The van der Waals surface area contributed by atoms with Crippen LogP contribution < -0.4 is 26.0 Å². The van der Waals surface area contributed by atoms with E-state index < -0.39 is 0 Å². The Balaban J connectivity index is 0.000000111. The Kier molecular flexibility index (Phi) is 22.1. The van der Waals surface area contributed by atoms with Crippen LogP contribution >= 0.6 is 11.6 Å². The Hall–Kier alpha value is -9.47. The SMILES string of the molecule is CC(=O)c1cccc(-c2ccc(NC(=O)OC3C4CC5CC(C4)CC3C5)cc2)c1.COc1c(C)cc(-c2ccc(NC(=O)OC34CC5CC(CC(C5)C3)C4)cc2)cc1C.Cc1cc(Cl)cc(-c2ccc(NC(=O)OC34CC5CC(CC(C5)C3)C4)cc2)c1.Cc1cc(F)cc(-c2ccc(NC(=O)OC34CC5CC(CC(C5)C3)C4)cc2)c1. The quantitative estimate of drug-likeness (QED) is 0.0605. The van der Waals surface area contributed by atoms with Gasteiger partial charge in [-0.1, -0.05) is 90.5 Å². The largest absolute Gasteiger partial charge is 0.496 e. The van der Waals surface area contributed by atoms with Crippen molar-refractivity contribution in [3.63, 3.8) is 0 Å². The van der Waals surface area contributed by atoms with Gasteiger partial charge >= 0.3 is 24.4 Å². The zero-order chi connectivity index (χ0) is 79.4. The average molecular weight is 1570 g/mol. The number of rotatable bonds is 14. The van der Waals surface area contributed by atoms with Gasteiger partial charge in [0.05, 0.1) is 7.11 Å². The fourth-order valence-electron chi connectivity index (χ4n) is 25.0. The highest BCUT2D eigenvalue weighted by molar-refractivity contribution is 6.31. The normalized spacial score (nSPS) is 29.7. The lowest BCUT2D eigenvalue weighted by molar-refractivity contribution is -0.124. The number of hydrogen-bond acceptors (Lipinski definition) is 10. The number of ether oxygens (including phenoxy) is 5. The summed E-state index contributed by atoms with van der Waals surface area (Å²) < 4.78 is 43.1. The molecule has 0 radical (unpaired) electrons. The van der Waals surface area contributed by atoms with Gasteiger partial charge in [-0.2, -0.15) is 0 Å². The van der Waals surface area contributed by atoms with Crippen molar-refractivity contribution < 1.29 is 52.0 Å². The molecule has 16 bridgehead atoms. The zero-order valence-corrected chi connectivity index (χ0v) is 68.1. The van der Waals surface area contributed by atoms with Gasteiger partial charge < -0.3 is 23.7 Å². The molecule has 14 nitrogen and oxygen atoms in total. The molecule has 4 amide bonds. The maximum Gasteiger partial charge on any atom is 0.412 e. The van der Waals surface area contributed by atoms with Crippen molar-refractivity contribution in [2.24, 2.45) is 76.9 Å². The van der Waals surface area contributed by atoms with E-state index in [1.54, 1.807) is 14.0 Å². The molecule has 0 spiro atoms. The first-order chi connectivity index (χ1) is 55.4. The Morgan fingerprint density at radius 2 is 0.678 bits per heavy atom. The maximum atomic E-state index is 13.6. The topological polar surface area (TPSA) is 180 Å². The number of carbonyl (C=O) groups excluding carboxylic acids is 5. The minimum Gasteiger partial charge on any atom is -0.496 e. The highest BCUT2D eigenvalue weighted by atomic mass is 35.5. The van der Waals surface area contributed by atoms with Crippen LogP contribution in [-0.2, 0) is 18.9 Å². The number of Topliss-reactive ketones (excluding diaryl/α,β-unsaturated/α-hetero) is 1. The van der Waals surface area contributed by atoms with Gasteiger partial charge in [-0.25, -0.2) is 23.6 Å². The number of amides is 4. The third-order valence-corrected chi connectivity index (χ3v) is 28.4. The lowest BCUT2D eigenvalue weighted by Crippen LogP contribution is -2.53. The van der Waals surface area contributed by atoms with Crippen molar-refractivity contribution in [1.29, 1.82) is 0 Å². The van der Waals surface area contributed by atoms with Gasteiger partial charge in [0, 0.05) is 33.3 Å². The lowest BCUT2D eigenvalue weighted by Gasteiger charge is -2.55. The van der Waals surface area contributed by atoms with Gasteiger partial charge in [0.15, 0.2) is 5.78 Å². The molecule has 16 saturated carbocycles. The Morgan fingerprint density at radius 3 is 1.02 bits per heavy atom. The predicted molar refractivity (Wildman–Crippen MR) is 452 cm³/mol.